The molecule has 0 aliphatic carbocycles. The minimum atomic E-state index is -2.16. The Morgan fingerprint density at radius 2 is 2.09 bits per heavy atom. The van der Waals surface area contributed by atoms with Gasteiger partial charge in [-0.3, -0.25) is 0 Å². The monoisotopic (exact) mass is 174 g/mol. The average molecular weight is 174 g/mol. The van der Waals surface area contributed by atoms with Crippen molar-refractivity contribution >= 4 is 22.8 Å². The summed E-state index contributed by atoms with van der Waals surface area (Å²) in [7, 11) is 0. The number of hydrogen-bond donors (Lipinski definition) is 3. The lowest BCUT2D eigenvalue weighted by Crippen LogP contribution is -2.03. The van der Waals surface area contributed by atoms with Crippen LogP contribution in [0.5, 0.6) is 0 Å². The molecule has 0 spiro atoms. The maximum Gasteiger partial charge on any atom is 0.223 e. The summed E-state index contributed by atoms with van der Waals surface area (Å²) < 4.78 is 19.0. The van der Waals surface area contributed by atoms with Crippen LogP contribution >= 0.6 is 0 Å². The van der Waals surface area contributed by atoms with E-state index in [2.05, 4.69) is 9.97 Å². The van der Waals surface area contributed by atoms with Crippen LogP contribution in [0.25, 0.3) is 0 Å². The fraction of sp³-hybridized carbons (Fsp3) is 0. The summed E-state index contributed by atoms with van der Waals surface area (Å²) >= 11 is -2.16. The number of rotatable bonds is 1. The summed E-state index contributed by atoms with van der Waals surface area (Å²) in [5, 5.41) is -0.0880. The lowest BCUT2D eigenvalue weighted by atomic mass is 10.6. The second-order valence-corrected chi connectivity index (χ2v) is 2.65. The molecule has 7 heteroatoms. The molecule has 1 heterocycles. The summed E-state index contributed by atoms with van der Waals surface area (Å²) in [6.45, 7) is 0. The Labute approximate surface area is 64.9 Å². The molecule has 1 aromatic rings. The predicted molar refractivity (Wildman–Crippen MR) is 39.9 cm³/mol. The molecular formula is C4H6N4O2S. The van der Waals surface area contributed by atoms with Gasteiger partial charge in [0.15, 0.2) is 5.03 Å². The topological polar surface area (TPSA) is 115 Å². The SMILES string of the molecule is Nc1cc(S(=O)O)nc(N)n1. The second kappa shape index (κ2) is 2.81. The highest BCUT2D eigenvalue weighted by Crippen LogP contribution is 2.06. The minimum absolute atomic E-state index is 0.0786. The van der Waals surface area contributed by atoms with E-state index in [1.54, 1.807) is 0 Å². The van der Waals surface area contributed by atoms with Gasteiger partial charge < -0.3 is 16.0 Å². The molecule has 0 radical (unpaired) electrons. The molecule has 1 unspecified atom stereocenters. The van der Waals surface area contributed by atoms with Crippen molar-refractivity contribution in [3.05, 3.63) is 6.07 Å². The molecule has 5 N–H and O–H groups in total. The Hall–Kier alpha value is -1.21. The van der Waals surface area contributed by atoms with Gasteiger partial charge in [0.2, 0.25) is 17.0 Å². The molecule has 1 atom stereocenters. The standard InChI is InChI=1S/C4H6N4O2S/c5-2-1-3(11(9)10)8-4(6)7-2/h1H,(H,9,10)(H4,5,6,7,8). The molecule has 0 aromatic carbocycles. The van der Waals surface area contributed by atoms with Crippen molar-refractivity contribution in [1.82, 2.24) is 9.97 Å². The van der Waals surface area contributed by atoms with Crippen LogP contribution in [-0.4, -0.2) is 18.7 Å². The molecule has 0 aliphatic rings. The smallest absolute Gasteiger partial charge is 0.223 e. The Morgan fingerprint density at radius 3 is 2.55 bits per heavy atom. The van der Waals surface area contributed by atoms with Gasteiger partial charge in [0, 0.05) is 6.07 Å². The zero-order valence-electron chi connectivity index (χ0n) is 5.39. The Bertz CT molecular complexity index is 282. The largest absolute Gasteiger partial charge is 0.383 e. The van der Waals surface area contributed by atoms with Crippen molar-refractivity contribution in [3.63, 3.8) is 0 Å². The van der Waals surface area contributed by atoms with Gasteiger partial charge >= 0.3 is 0 Å². The van der Waals surface area contributed by atoms with E-state index in [1.165, 1.54) is 6.07 Å². The fourth-order valence-electron chi connectivity index (χ4n) is 0.551. The van der Waals surface area contributed by atoms with Crippen LogP contribution in [0.4, 0.5) is 11.8 Å². The van der Waals surface area contributed by atoms with Crippen molar-refractivity contribution in [2.24, 2.45) is 0 Å². The van der Waals surface area contributed by atoms with E-state index in [1.807, 2.05) is 0 Å². The lowest BCUT2D eigenvalue weighted by molar-refractivity contribution is 0.560. The maximum absolute atomic E-state index is 10.4. The molecule has 11 heavy (non-hydrogen) atoms. The molecule has 0 bridgehead atoms. The van der Waals surface area contributed by atoms with Crippen molar-refractivity contribution in [2.45, 2.75) is 5.03 Å². The van der Waals surface area contributed by atoms with Gasteiger partial charge in [0.05, 0.1) is 0 Å². The predicted octanol–water partition coefficient (Wildman–Crippen LogP) is -0.778. The Kier molecular flexibility index (Phi) is 2.01. The molecule has 0 saturated carbocycles. The Balaban J connectivity index is 3.19. The van der Waals surface area contributed by atoms with Gasteiger partial charge in [-0.2, -0.15) is 4.98 Å². The number of hydrogen-bond acceptors (Lipinski definition) is 5. The molecule has 0 aliphatic heterocycles. The molecule has 6 nitrogen and oxygen atoms in total. The van der Waals surface area contributed by atoms with E-state index in [-0.39, 0.29) is 16.8 Å². The second-order valence-electron chi connectivity index (χ2n) is 1.74. The van der Waals surface area contributed by atoms with Crippen LogP contribution in [0, 0.1) is 0 Å². The van der Waals surface area contributed by atoms with E-state index in [4.69, 9.17) is 16.0 Å². The molecule has 0 fully saturated rings. The van der Waals surface area contributed by atoms with E-state index < -0.39 is 11.1 Å². The Morgan fingerprint density at radius 1 is 1.45 bits per heavy atom. The molecule has 60 valence electrons. The zero-order valence-corrected chi connectivity index (χ0v) is 6.21. The number of aromatic nitrogens is 2. The first-order valence-electron chi connectivity index (χ1n) is 2.60. The van der Waals surface area contributed by atoms with Crippen LogP contribution in [0.3, 0.4) is 0 Å². The van der Waals surface area contributed by atoms with Crippen LogP contribution in [0.1, 0.15) is 0 Å². The average Bonchev–Trinajstić information content (AvgIpc) is 1.85. The van der Waals surface area contributed by atoms with Gasteiger partial charge in [-0.15, -0.1) is 0 Å². The summed E-state index contributed by atoms with van der Waals surface area (Å²) in [4.78, 5) is 6.99. The van der Waals surface area contributed by atoms with E-state index in [9.17, 15) is 4.21 Å². The van der Waals surface area contributed by atoms with Crippen molar-refractivity contribution in [1.29, 1.82) is 0 Å². The van der Waals surface area contributed by atoms with Gasteiger partial charge in [-0.25, -0.2) is 9.19 Å². The summed E-state index contributed by atoms with van der Waals surface area (Å²) in [6.07, 6.45) is 0. The van der Waals surface area contributed by atoms with E-state index >= 15 is 0 Å². The first-order valence-corrected chi connectivity index (χ1v) is 3.71. The van der Waals surface area contributed by atoms with Crippen LogP contribution < -0.4 is 11.5 Å². The molecule has 0 saturated heterocycles. The van der Waals surface area contributed by atoms with Gasteiger partial charge in [0.1, 0.15) is 5.82 Å². The molecule has 0 amide bonds. The summed E-state index contributed by atoms with van der Waals surface area (Å²) in [5.41, 5.74) is 10.4. The highest BCUT2D eigenvalue weighted by molar-refractivity contribution is 7.79. The molecular weight excluding hydrogens is 168 g/mol. The number of nitrogen functional groups attached to an aromatic ring is 2. The van der Waals surface area contributed by atoms with Gasteiger partial charge in [-0.05, 0) is 0 Å². The molecule has 1 aromatic heterocycles. The van der Waals surface area contributed by atoms with Crippen molar-refractivity contribution < 1.29 is 8.76 Å². The van der Waals surface area contributed by atoms with Crippen molar-refractivity contribution in [2.75, 3.05) is 11.5 Å². The quantitative estimate of drug-likeness (QED) is 0.380. The zero-order chi connectivity index (χ0) is 8.43. The van der Waals surface area contributed by atoms with Crippen molar-refractivity contribution in [3.8, 4) is 0 Å². The highest BCUT2D eigenvalue weighted by atomic mass is 32.2. The van der Waals surface area contributed by atoms with E-state index in [0.29, 0.717) is 0 Å². The fourth-order valence-corrected chi connectivity index (χ4v) is 0.944. The first kappa shape index (κ1) is 7.89. The normalized spacial score (nSPS) is 12.8. The molecule has 1 rings (SSSR count). The number of nitrogens with zero attached hydrogens (tertiary/aromatic N) is 2. The number of anilines is 2. The maximum atomic E-state index is 10.4. The van der Waals surface area contributed by atoms with E-state index in [0.717, 1.165) is 0 Å². The minimum Gasteiger partial charge on any atom is -0.383 e. The van der Waals surface area contributed by atoms with Crippen LogP contribution in [0.15, 0.2) is 11.1 Å². The third kappa shape index (κ3) is 1.85. The summed E-state index contributed by atoms with van der Waals surface area (Å²) in [6, 6.07) is 1.19. The van der Waals surface area contributed by atoms with Gasteiger partial charge in [-0.1, -0.05) is 0 Å². The summed E-state index contributed by atoms with van der Waals surface area (Å²) in [5.74, 6) is -0.0303. The third-order valence-electron chi connectivity index (χ3n) is 0.919. The van der Waals surface area contributed by atoms with Gasteiger partial charge in [0.25, 0.3) is 0 Å². The first-order chi connectivity index (χ1) is 5.09. The lowest BCUT2D eigenvalue weighted by Gasteiger charge is -1.96. The number of nitrogens with two attached hydrogens (primary N) is 2. The highest BCUT2D eigenvalue weighted by Gasteiger charge is 2.03. The third-order valence-corrected chi connectivity index (χ3v) is 1.49. The van der Waals surface area contributed by atoms with Crippen LogP contribution in [-0.2, 0) is 11.1 Å². The van der Waals surface area contributed by atoms with Crippen LogP contribution in [0.2, 0.25) is 0 Å².